The number of hydrogen-bond donors (Lipinski definition) is 2. The SMILES string of the molecule is NC(=O)c1cccc([N+](=O)[O-])c1O. The number of nitrogens with zero attached hydrogens (tertiary/aromatic N) is 1. The zero-order valence-corrected chi connectivity index (χ0v) is 6.43. The lowest BCUT2D eigenvalue weighted by Gasteiger charge is -1.99. The first-order chi connectivity index (χ1) is 6.04. The fourth-order valence-corrected chi connectivity index (χ4v) is 0.877. The maximum atomic E-state index is 10.6. The summed E-state index contributed by atoms with van der Waals surface area (Å²) >= 11 is 0. The molecule has 0 saturated heterocycles. The standard InChI is InChI=1S/C7H6N2O4/c8-7(11)4-2-1-3-5(6(4)10)9(12)13/h1-3,10H,(H2,8,11). The molecule has 1 aromatic rings. The van der Waals surface area contributed by atoms with Gasteiger partial charge < -0.3 is 10.8 Å². The molecule has 0 saturated carbocycles. The van der Waals surface area contributed by atoms with Crippen LogP contribution in [-0.2, 0) is 0 Å². The van der Waals surface area contributed by atoms with Crippen LogP contribution in [0.15, 0.2) is 18.2 Å². The highest BCUT2D eigenvalue weighted by atomic mass is 16.6. The van der Waals surface area contributed by atoms with E-state index in [0.29, 0.717) is 0 Å². The molecule has 0 fully saturated rings. The maximum absolute atomic E-state index is 10.6. The van der Waals surface area contributed by atoms with Crippen molar-refractivity contribution in [3.05, 3.63) is 33.9 Å². The van der Waals surface area contributed by atoms with Crippen molar-refractivity contribution in [3.8, 4) is 5.75 Å². The molecule has 1 aromatic carbocycles. The van der Waals surface area contributed by atoms with Crippen LogP contribution >= 0.6 is 0 Å². The van der Waals surface area contributed by atoms with Gasteiger partial charge in [-0.2, -0.15) is 0 Å². The van der Waals surface area contributed by atoms with E-state index in [9.17, 15) is 20.0 Å². The second-order valence-electron chi connectivity index (χ2n) is 2.29. The summed E-state index contributed by atoms with van der Waals surface area (Å²) in [5.74, 6) is -1.60. The van der Waals surface area contributed by atoms with E-state index in [1.807, 2.05) is 0 Å². The summed E-state index contributed by atoms with van der Waals surface area (Å²) in [4.78, 5) is 20.1. The molecule has 0 radical (unpaired) electrons. The van der Waals surface area contributed by atoms with Crippen molar-refractivity contribution >= 4 is 11.6 Å². The Kier molecular flexibility index (Phi) is 2.14. The number of para-hydroxylation sites is 1. The van der Waals surface area contributed by atoms with Gasteiger partial charge in [-0.15, -0.1) is 0 Å². The minimum absolute atomic E-state index is 0.255. The first-order valence-electron chi connectivity index (χ1n) is 3.30. The summed E-state index contributed by atoms with van der Waals surface area (Å²) in [5.41, 5.74) is 4.08. The maximum Gasteiger partial charge on any atom is 0.311 e. The molecule has 0 spiro atoms. The summed E-state index contributed by atoms with van der Waals surface area (Å²) in [7, 11) is 0. The predicted octanol–water partition coefficient (Wildman–Crippen LogP) is 0.399. The number of nitrogens with two attached hydrogens (primary N) is 1. The molecule has 1 rings (SSSR count). The Labute approximate surface area is 72.7 Å². The van der Waals surface area contributed by atoms with E-state index in [1.54, 1.807) is 0 Å². The average molecular weight is 182 g/mol. The van der Waals surface area contributed by atoms with Crippen molar-refractivity contribution in [1.29, 1.82) is 0 Å². The third-order valence-electron chi connectivity index (χ3n) is 1.48. The molecule has 0 aliphatic carbocycles. The van der Waals surface area contributed by atoms with Crippen molar-refractivity contribution in [2.24, 2.45) is 5.73 Å². The molecule has 0 aliphatic heterocycles. The average Bonchev–Trinajstić information content (AvgIpc) is 2.03. The molecule has 0 bridgehead atoms. The third kappa shape index (κ3) is 1.56. The van der Waals surface area contributed by atoms with Crippen molar-refractivity contribution in [1.82, 2.24) is 0 Å². The Morgan fingerprint density at radius 3 is 2.62 bits per heavy atom. The van der Waals surface area contributed by atoms with E-state index in [2.05, 4.69) is 0 Å². The molecule has 3 N–H and O–H groups in total. The number of carbonyl (C=O) groups excluding carboxylic acids is 1. The van der Waals surface area contributed by atoms with Gasteiger partial charge in [0, 0.05) is 6.07 Å². The van der Waals surface area contributed by atoms with Crippen LogP contribution in [0, 0.1) is 10.1 Å². The molecule has 0 aliphatic rings. The Morgan fingerprint density at radius 2 is 2.15 bits per heavy atom. The molecule has 6 nitrogen and oxygen atoms in total. The van der Waals surface area contributed by atoms with E-state index in [0.717, 1.165) is 6.07 Å². The van der Waals surface area contributed by atoms with Gasteiger partial charge in [-0.3, -0.25) is 14.9 Å². The zero-order valence-electron chi connectivity index (χ0n) is 6.43. The second-order valence-corrected chi connectivity index (χ2v) is 2.29. The Bertz CT molecular complexity index is 343. The van der Waals surface area contributed by atoms with Gasteiger partial charge in [0.25, 0.3) is 5.91 Å². The van der Waals surface area contributed by atoms with Crippen LogP contribution in [0.1, 0.15) is 10.4 Å². The minimum atomic E-state index is -0.902. The quantitative estimate of drug-likeness (QED) is 0.509. The number of benzene rings is 1. The molecule has 13 heavy (non-hydrogen) atoms. The van der Waals surface area contributed by atoms with Gasteiger partial charge in [-0.25, -0.2) is 0 Å². The molecule has 6 heteroatoms. The van der Waals surface area contributed by atoms with E-state index in [4.69, 9.17) is 5.73 Å². The van der Waals surface area contributed by atoms with Crippen LogP contribution in [0.25, 0.3) is 0 Å². The topological polar surface area (TPSA) is 106 Å². The Hall–Kier alpha value is -2.11. The van der Waals surface area contributed by atoms with Gasteiger partial charge in [-0.05, 0) is 6.07 Å². The van der Waals surface area contributed by atoms with Crippen LogP contribution in [0.4, 0.5) is 5.69 Å². The van der Waals surface area contributed by atoms with Crippen molar-refractivity contribution in [2.75, 3.05) is 0 Å². The predicted molar refractivity (Wildman–Crippen MR) is 43.3 cm³/mol. The number of rotatable bonds is 2. The van der Waals surface area contributed by atoms with Gasteiger partial charge in [-0.1, -0.05) is 6.07 Å². The Balaban J connectivity index is 3.35. The van der Waals surface area contributed by atoms with Gasteiger partial charge in [0.1, 0.15) is 0 Å². The van der Waals surface area contributed by atoms with Crippen molar-refractivity contribution < 1.29 is 14.8 Å². The van der Waals surface area contributed by atoms with Gasteiger partial charge in [0.15, 0.2) is 0 Å². The molecule has 0 heterocycles. The number of phenols is 1. The number of nitro benzene ring substituents is 1. The number of primary amides is 1. The summed E-state index contributed by atoms with van der Waals surface area (Å²) in [5, 5.41) is 19.5. The minimum Gasteiger partial charge on any atom is -0.502 e. The number of amides is 1. The lowest BCUT2D eigenvalue weighted by molar-refractivity contribution is -0.385. The number of carbonyl (C=O) groups is 1. The van der Waals surface area contributed by atoms with E-state index < -0.39 is 22.3 Å². The lowest BCUT2D eigenvalue weighted by Crippen LogP contribution is -2.11. The number of aromatic hydroxyl groups is 1. The summed E-state index contributed by atoms with van der Waals surface area (Å²) in [6.45, 7) is 0. The van der Waals surface area contributed by atoms with E-state index in [1.165, 1.54) is 12.1 Å². The molecule has 68 valence electrons. The monoisotopic (exact) mass is 182 g/mol. The van der Waals surface area contributed by atoms with Crippen LogP contribution in [0.5, 0.6) is 5.75 Å². The van der Waals surface area contributed by atoms with Gasteiger partial charge in [0.2, 0.25) is 5.75 Å². The molecular weight excluding hydrogens is 176 g/mol. The lowest BCUT2D eigenvalue weighted by atomic mass is 10.1. The largest absolute Gasteiger partial charge is 0.502 e. The first kappa shape index (κ1) is 8.98. The smallest absolute Gasteiger partial charge is 0.311 e. The zero-order chi connectivity index (χ0) is 10.0. The first-order valence-corrected chi connectivity index (χ1v) is 3.30. The van der Waals surface area contributed by atoms with E-state index in [-0.39, 0.29) is 5.56 Å². The molecule has 0 unspecified atom stereocenters. The fourth-order valence-electron chi connectivity index (χ4n) is 0.877. The van der Waals surface area contributed by atoms with Crippen LogP contribution in [-0.4, -0.2) is 15.9 Å². The van der Waals surface area contributed by atoms with Crippen molar-refractivity contribution in [2.45, 2.75) is 0 Å². The summed E-state index contributed by atoms with van der Waals surface area (Å²) in [6.07, 6.45) is 0. The highest BCUT2D eigenvalue weighted by Crippen LogP contribution is 2.28. The van der Waals surface area contributed by atoms with Crippen molar-refractivity contribution in [3.63, 3.8) is 0 Å². The van der Waals surface area contributed by atoms with Crippen LogP contribution in [0.2, 0.25) is 0 Å². The highest BCUT2D eigenvalue weighted by molar-refractivity contribution is 5.96. The molecule has 0 atom stereocenters. The summed E-state index contributed by atoms with van der Waals surface area (Å²) < 4.78 is 0. The molecular formula is C7H6N2O4. The Morgan fingerprint density at radius 1 is 1.54 bits per heavy atom. The molecule has 1 amide bonds. The van der Waals surface area contributed by atoms with E-state index >= 15 is 0 Å². The third-order valence-corrected chi connectivity index (χ3v) is 1.48. The number of hydrogen-bond acceptors (Lipinski definition) is 4. The van der Waals surface area contributed by atoms with Crippen LogP contribution < -0.4 is 5.73 Å². The van der Waals surface area contributed by atoms with Crippen LogP contribution in [0.3, 0.4) is 0 Å². The number of nitro groups is 1. The highest BCUT2D eigenvalue weighted by Gasteiger charge is 2.18. The normalized spacial score (nSPS) is 9.54. The second kappa shape index (κ2) is 3.10. The van der Waals surface area contributed by atoms with Gasteiger partial charge in [0.05, 0.1) is 10.5 Å². The molecule has 0 aromatic heterocycles. The fraction of sp³-hybridized carbons (Fsp3) is 0. The summed E-state index contributed by atoms with van der Waals surface area (Å²) in [6, 6.07) is 3.57. The van der Waals surface area contributed by atoms with Gasteiger partial charge >= 0.3 is 5.69 Å².